The normalized spacial score (nSPS) is 14.9. The molecule has 10 rings (SSSR count). The summed E-state index contributed by atoms with van der Waals surface area (Å²) in [6, 6.07) is 43.0. The zero-order valence-electron chi connectivity index (χ0n) is 39.9. The van der Waals surface area contributed by atoms with Crippen LogP contribution in [-0.4, -0.2) is 91.1 Å². The van der Waals surface area contributed by atoms with E-state index in [1.165, 1.54) is 12.9 Å². The lowest BCUT2D eigenvalue weighted by Gasteiger charge is -2.28. The molecule has 6 N–H and O–H groups in total. The lowest BCUT2D eigenvalue weighted by atomic mass is 9.98. The van der Waals surface area contributed by atoms with Crippen molar-refractivity contribution < 1.29 is 55.3 Å². The van der Waals surface area contributed by atoms with Crippen molar-refractivity contribution in [2.24, 2.45) is 0 Å². The number of aryl methyl sites for hydroxylation is 1. The van der Waals surface area contributed by atoms with E-state index in [9.17, 15) is 39.6 Å². The predicted molar refractivity (Wildman–Crippen MR) is 273 cm³/mol. The third kappa shape index (κ3) is 11.6. The molecule has 21 heteroatoms. The molecule has 7 aromatic rings. The van der Waals surface area contributed by atoms with Crippen LogP contribution in [0.5, 0.6) is 0 Å². The summed E-state index contributed by atoms with van der Waals surface area (Å²) >= 11 is 0. The molecule has 18 nitrogen and oxygen atoms in total. The molecule has 384 valence electrons. The van der Waals surface area contributed by atoms with E-state index in [4.69, 9.17) is 15.6 Å². The summed E-state index contributed by atoms with van der Waals surface area (Å²) in [6.07, 6.45) is 1.55. The molecule has 7 aromatic carbocycles. The average molecular weight is 1060 g/mol. The Morgan fingerprint density at radius 1 is 0.392 bits per heavy atom. The molecule has 74 heavy (non-hydrogen) atoms. The van der Waals surface area contributed by atoms with E-state index >= 15 is 0 Å². The molecule has 3 amide bonds. The Bertz CT molecular complexity index is 3600. The van der Waals surface area contributed by atoms with Crippen LogP contribution < -0.4 is 16.4 Å². The van der Waals surface area contributed by atoms with E-state index in [1.807, 2.05) is 37.3 Å². The number of amides is 3. The molecule has 0 atom stereocenters. The van der Waals surface area contributed by atoms with Crippen molar-refractivity contribution >= 4 is 58.6 Å². The van der Waals surface area contributed by atoms with Gasteiger partial charge in [-0.1, -0.05) is 84.4 Å². The van der Waals surface area contributed by atoms with Crippen LogP contribution in [0.3, 0.4) is 0 Å². The minimum absolute atomic E-state index is 0.255. The number of hydrogen-bond donors (Lipinski definition) is 6. The van der Waals surface area contributed by atoms with Gasteiger partial charge in [-0.2, -0.15) is 12.9 Å². The maximum Gasteiger partial charge on any atom is 0.274 e. The number of carbonyl (C=O) groups excluding carboxylic acids is 3. The fourth-order valence-electron chi connectivity index (χ4n) is 8.89. The van der Waals surface area contributed by atoms with Gasteiger partial charge in [-0.25, -0.2) is 41.7 Å². The van der Waals surface area contributed by atoms with Gasteiger partial charge in [0.25, 0.3) is 17.7 Å². The molecule has 0 radical (unpaired) electrons. The summed E-state index contributed by atoms with van der Waals surface area (Å²) in [5.74, 6) is -1.73. The highest BCUT2D eigenvalue weighted by Gasteiger charge is 2.31. The SMILES string of the molecule is Cc1ccc(S(=O)(=O)N2CCc3cc(C(=O)NO)ccc3C2)cc1.O=C(NO)c1ccc2c(c1)CCN(S(=O)(=O)c1ccc3ccccc3c1)C2.O=C(NO)c1ccc2c(c1)CCN(S(=O)(=O)c1ccccc1)C2. The number of nitrogens with zero attached hydrogens (tertiary/aromatic N) is 3. The first-order valence-electron chi connectivity index (χ1n) is 23.2. The van der Waals surface area contributed by atoms with E-state index in [0.29, 0.717) is 55.6 Å². The fourth-order valence-corrected chi connectivity index (χ4v) is 13.2. The highest BCUT2D eigenvalue weighted by molar-refractivity contribution is 7.89. The van der Waals surface area contributed by atoms with Crippen molar-refractivity contribution in [3.8, 4) is 0 Å². The topological polar surface area (TPSA) is 260 Å². The third-order valence-electron chi connectivity index (χ3n) is 13.0. The smallest absolute Gasteiger partial charge is 0.274 e. The molecule has 0 aliphatic carbocycles. The first-order valence-corrected chi connectivity index (χ1v) is 27.5. The van der Waals surface area contributed by atoms with Crippen LogP contribution in [0.25, 0.3) is 10.8 Å². The summed E-state index contributed by atoms with van der Waals surface area (Å²) in [4.78, 5) is 35.3. The second kappa shape index (κ2) is 22.5. The fraction of sp³-hybridized carbons (Fsp3) is 0.189. The van der Waals surface area contributed by atoms with Crippen LogP contribution in [-0.2, 0) is 69.0 Å². The first kappa shape index (κ1) is 53.1. The van der Waals surface area contributed by atoms with Crippen LogP contribution >= 0.6 is 0 Å². The Morgan fingerprint density at radius 3 is 1.15 bits per heavy atom. The minimum atomic E-state index is -3.61. The van der Waals surface area contributed by atoms with Crippen LogP contribution in [0.1, 0.15) is 70.0 Å². The maximum atomic E-state index is 13.1. The number of benzene rings is 7. The van der Waals surface area contributed by atoms with Gasteiger partial charge in [-0.05, 0) is 143 Å². The third-order valence-corrected chi connectivity index (χ3v) is 18.6. The zero-order valence-corrected chi connectivity index (χ0v) is 42.3. The standard InChI is InChI=1S/C20H18N2O4S.C17H18N2O4S.C16H16N2O4S/c23-20(21-24)17-5-6-18-13-22(10-9-16(18)11-17)27(25,26)19-8-7-14-3-1-2-4-15(14)12-19;1-12-2-6-16(7-3-12)24(22,23)19-9-8-13-10-14(17(20)18-21)4-5-15(13)11-19;19-16(17-20)13-6-7-14-11-18(9-8-12(14)10-13)23(21,22)15-4-2-1-3-5-15/h1-8,11-12,24H,9-10,13H2,(H,21,23);2-7,10,21H,8-9,11H2,1H3,(H,18,20);1-7,10,20H,8-9,11H2,(H,17,19). The maximum absolute atomic E-state index is 13.1. The minimum Gasteiger partial charge on any atom is -0.288 e. The Labute approximate surface area is 428 Å². The number of sulfonamides is 3. The van der Waals surface area contributed by atoms with Crippen LogP contribution in [0.2, 0.25) is 0 Å². The van der Waals surface area contributed by atoms with E-state index < -0.39 is 47.8 Å². The van der Waals surface area contributed by atoms with E-state index in [2.05, 4.69) is 0 Å². The molecule has 3 heterocycles. The van der Waals surface area contributed by atoms with Crippen molar-refractivity contribution in [1.29, 1.82) is 0 Å². The number of hydrogen-bond acceptors (Lipinski definition) is 12. The summed E-state index contributed by atoms with van der Waals surface area (Å²) < 4.78 is 81.3. The van der Waals surface area contributed by atoms with Gasteiger partial charge < -0.3 is 0 Å². The van der Waals surface area contributed by atoms with Gasteiger partial charge in [0, 0.05) is 56.0 Å². The van der Waals surface area contributed by atoms with Gasteiger partial charge in [0.1, 0.15) is 0 Å². The molecule has 0 saturated heterocycles. The first-order chi connectivity index (χ1) is 35.4. The molecule has 0 aromatic heterocycles. The molecule has 0 fully saturated rings. The van der Waals surface area contributed by atoms with E-state index in [1.54, 1.807) is 138 Å². The Balaban J connectivity index is 0.000000148. The number of rotatable bonds is 9. The van der Waals surface area contributed by atoms with Crippen molar-refractivity contribution in [2.45, 2.75) is 60.5 Å². The molecule has 0 unspecified atom stereocenters. The molecule has 0 saturated carbocycles. The molecular formula is C53H52N6O12S3. The predicted octanol–water partition coefficient (Wildman–Crippen LogP) is 6.12. The Kier molecular flexibility index (Phi) is 16.2. The van der Waals surface area contributed by atoms with E-state index in [-0.39, 0.29) is 34.3 Å². The lowest BCUT2D eigenvalue weighted by molar-refractivity contribution is 0.0702. The second-order valence-electron chi connectivity index (χ2n) is 17.7. The summed E-state index contributed by atoms with van der Waals surface area (Å²) in [5.41, 5.74) is 12.2. The van der Waals surface area contributed by atoms with Gasteiger partial charge in [0.15, 0.2) is 0 Å². The summed E-state index contributed by atoms with van der Waals surface area (Å²) in [5, 5.41) is 28.0. The van der Waals surface area contributed by atoms with Crippen LogP contribution in [0.4, 0.5) is 0 Å². The quantitative estimate of drug-likeness (QED) is 0.0706. The lowest BCUT2D eigenvalue weighted by Crippen LogP contribution is -2.36. The molecular weight excluding hydrogens is 1010 g/mol. The van der Waals surface area contributed by atoms with Crippen molar-refractivity contribution in [3.05, 3.63) is 207 Å². The highest BCUT2D eigenvalue weighted by Crippen LogP contribution is 2.30. The van der Waals surface area contributed by atoms with Gasteiger partial charge in [-0.3, -0.25) is 30.0 Å². The van der Waals surface area contributed by atoms with Crippen molar-refractivity contribution in [2.75, 3.05) is 19.6 Å². The Hall–Kier alpha value is -7.18. The van der Waals surface area contributed by atoms with Crippen LogP contribution in [0.15, 0.2) is 166 Å². The number of nitrogens with one attached hydrogen (secondary N) is 3. The second-order valence-corrected chi connectivity index (χ2v) is 23.5. The van der Waals surface area contributed by atoms with Crippen molar-refractivity contribution in [3.63, 3.8) is 0 Å². The largest absolute Gasteiger partial charge is 0.288 e. The Morgan fingerprint density at radius 2 is 0.743 bits per heavy atom. The van der Waals surface area contributed by atoms with Gasteiger partial charge in [0.05, 0.1) is 14.7 Å². The number of fused-ring (bicyclic) bond motifs is 4. The summed E-state index contributed by atoms with van der Waals surface area (Å²) in [6.45, 7) is 3.76. The molecule has 0 bridgehead atoms. The summed E-state index contributed by atoms with van der Waals surface area (Å²) in [7, 11) is -10.7. The molecule has 3 aliphatic heterocycles. The van der Waals surface area contributed by atoms with Crippen molar-refractivity contribution in [1.82, 2.24) is 29.4 Å². The number of hydroxylamine groups is 3. The van der Waals surface area contributed by atoms with Gasteiger partial charge >= 0.3 is 0 Å². The molecule has 0 spiro atoms. The molecule has 3 aliphatic rings. The average Bonchev–Trinajstić information content (AvgIpc) is 3.44. The van der Waals surface area contributed by atoms with Gasteiger partial charge in [0.2, 0.25) is 30.1 Å². The highest BCUT2D eigenvalue weighted by atomic mass is 32.2. The number of carbonyl (C=O) groups is 3. The van der Waals surface area contributed by atoms with Gasteiger partial charge in [-0.15, -0.1) is 0 Å². The van der Waals surface area contributed by atoms with E-state index in [0.717, 1.165) is 49.7 Å². The zero-order chi connectivity index (χ0) is 52.8. The monoisotopic (exact) mass is 1060 g/mol. The van der Waals surface area contributed by atoms with Crippen LogP contribution in [0, 0.1) is 6.92 Å².